The summed E-state index contributed by atoms with van der Waals surface area (Å²) in [6, 6.07) is -0.863. The number of rotatable bonds is 3. The third kappa shape index (κ3) is 44.6. The van der Waals surface area contributed by atoms with Crippen molar-refractivity contribution in [3.63, 3.8) is 0 Å². The fourth-order valence-corrected chi connectivity index (χ4v) is 0.715. The van der Waals surface area contributed by atoms with Gasteiger partial charge in [-0.3, -0.25) is 17.8 Å². The monoisotopic (exact) mass is 465 g/mol. The van der Waals surface area contributed by atoms with Crippen molar-refractivity contribution in [2.75, 3.05) is 0 Å². The Morgan fingerprint density at radius 1 is 1.21 bits per heavy atom. The van der Waals surface area contributed by atoms with Gasteiger partial charge in [0.05, 0.1) is 12.0 Å². The van der Waals surface area contributed by atoms with E-state index in [2.05, 4.69) is 9.97 Å². The van der Waals surface area contributed by atoms with Gasteiger partial charge in [0.15, 0.2) is 0 Å². The summed E-state index contributed by atoms with van der Waals surface area (Å²) < 4.78 is 66.9. The number of H-pyrrole nitrogens is 1. The first-order chi connectivity index (χ1) is 9.20. The van der Waals surface area contributed by atoms with Crippen molar-refractivity contribution < 1.29 is 199 Å². The van der Waals surface area contributed by atoms with Crippen LogP contribution in [0.25, 0.3) is 0 Å². The van der Waals surface area contributed by atoms with Crippen molar-refractivity contribution in [2.45, 2.75) is 12.5 Å². The first-order valence-corrected chi connectivity index (χ1v) is 7.21. The number of aromatic amines is 1. The first kappa shape index (κ1) is 38.0. The van der Waals surface area contributed by atoms with Crippen LogP contribution >= 0.6 is 0 Å². The zero-order valence-corrected chi connectivity index (χ0v) is 23.9. The minimum atomic E-state index is -5.17. The van der Waals surface area contributed by atoms with Gasteiger partial charge in [-0.05, 0) is 0 Å². The summed E-state index contributed by atoms with van der Waals surface area (Å²) >= 11 is 0. The van der Waals surface area contributed by atoms with Gasteiger partial charge < -0.3 is 29.5 Å². The number of carboxylic acids is 1. The minimum Gasteiger partial charge on any atom is -0.759 e. The molecule has 13 nitrogen and oxygen atoms in total. The number of nitrogens with one attached hydrogen (secondary N) is 1. The Balaban J connectivity index is -0.0000000803. The van der Waals surface area contributed by atoms with Crippen molar-refractivity contribution >= 4 is 26.8 Å². The maximum absolute atomic E-state index is 10.3. The van der Waals surface area contributed by atoms with Crippen LogP contribution in [0.5, 0.6) is 0 Å². The average Bonchev–Trinajstić information content (AvgIpc) is 2.64. The molecule has 0 amide bonds. The smallest absolute Gasteiger partial charge is 0.759 e. The number of carbonyl (C=O) groups is 1. The molecule has 18 heteroatoms. The van der Waals surface area contributed by atoms with Crippen LogP contribution in [0.1, 0.15) is 5.69 Å². The van der Waals surface area contributed by atoms with Crippen molar-refractivity contribution in [3.05, 3.63) is 18.2 Å². The van der Waals surface area contributed by atoms with Gasteiger partial charge >= 0.3 is 160 Å². The summed E-state index contributed by atoms with van der Waals surface area (Å²) in [5, 5.41) is 8.42. The number of aliphatic carboxylic acids is 1. The number of nitrogens with two attached hydrogens (primary N) is 1. The predicted octanol–water partition coefficient (Wildman–Crippen LogP) is -12.0. The van der Waals surface area contributed by atoms with Crippen LogP contribution in [0.4, 0.5) is 0 Å². The SMILES string of the molecule is N[C@@H](Cc1c[nH]cn1)C(=O)O.O=S(=O)([O-])O.O=S(=O)([O-])[O-].[K+].[K+].[K+]. The van der Waals surface area contributed by atoms with Crippen LogP contribution in [0.2, 0.25) is 0 Å². The summed E-state index contributed by atoms with van der Waals surface area (Å²) in [6.45, 7) is 0. The number of hydrogen-bond acceptors (Lipinski definition) is 10. The summed E-state index contributed by atoms with van der Waals surface area (Å²) in [4.78, 5) is 16.8. The Labute approximate surface area is 265 Å². The summed E-state index contributed by atoms with van der Waals surface area (Å²) in [5.41, 5.74) is 5.92. The maximum atomic E-state index is 10.3. The summed E-state index contributed by atoms with van der Waals surface area (Å²) in [6.07, 6.45) is 3.38. The van der Waals surface area contributed by atoms with Gasteiger partial charge in [-0.1, -0.05) is 0 Å². The minimum absolute atomic E-state index is 0. The Morgan fingerprint density at radius 2 is 1.54 bits per heavy atom. The van der Waals surface area contributed by atoms with E-state index in [1.807, 2.05) is 0 Å². The molecule has 0 spiro atoms. The van der Waals surface area contributed by atoms with E-state index < -0.39 is 32.8 Å². The van der Waals surface area contributed by atoms with E-state index in [1.165, 1.54) is 6.33 Å². The van der Waals surface area contributed by atoms with Crippen LogP contribution in [-0.2, 0) is 32.0 Å². The van der Waals surface area contributed by atoms with Crippen LogP contribution in [-0.4, -0.2) is 62.1 Å². The molecule has 0 aliphatic heterocycles. The molecule has 0 saturated carbocycles. The van der Waals surface area contributed by atoms with E-state index in [0.29, 0.717) is 5.69 Å². The number of hydrogen-bond donors (Lipinski definition) is 4. The molecule has 0 bridgehead atoms. The molecule has 1 aromatic heterocycles. The van der Waals surface area contributed by atoms with E-state index in [9.17, 15) is 4.79 Å². The molecule has 24 heavy (non-hydrogen) atoms. The van der Waals surface area contributed by atoms with Gasteiger partial charge in [0.25, 0.3) is 0 Å². The third-order valence-corrected chi connectivity index (χ3v) is 1.30. The zero-order chi connectivity index (χ0) is 17.3. The molecule has 1 aromatic rings. The average molecular weight is 466 g/mol. The molecule has 0 saturated heterocycles. The summed E-state index contributed by atoms with van der Waals surface area (Å²) in [5.74, 6) is -1.01. The molecule has 0 aliphatic rings. The molecule has 0 aromatic carbocycles. The van der Waals surface area contributed by atoms with Crippen molar-refractivity contribution in [3.8, 4) is 0 Å². The maximum Gasteiger partial charge on any atom is 1.00 e. The van der Waals surface area contributed by atoms with Crippen LogP contribution in [0.3, 0.4) is 0 Å². The van der Waals surface area contributed by atoms with E-state index in [4.69, 9.17) is 45.9 Å². The summed E-state index contributed by atoms with van der Waals surface area (Å²) in [7, 11) is -10.1. The molecule has 5 N–H and O–H groups in total. The molecule has 1 atom stereocenters. The second kappa shape index (κ2) is 19.6. The van der Waals surface area contributed by atoms with Gasteiger partial charge in [-0.25, -0.2) is 13.4 Å². The van der Waals surface area contributed by atoms with Crippen molar-refractivity contribution in [2.24, 2.45) is 5.73 Å². The first-order valence-electron chi connectivity index (χ1n) is 4.51. The van der Waals surface area contributed by atoms with Gasteiger partial charge in [0, 0.05) is 23.0 Å². The number of carboxylic acid groups (broad SMARTS) is 1. The van der Waals surface area contributed by atoms with E-state index in [1.54, 1.807) is 6.20 Å². The van der Waals surface area contributed by atoms with Crippen LogP contribution < -0.4 is 160 Å². The molecular weight excluding hydrogens is 456 g/mol. The molecular formula is C6H10K3N3O10S2. The Hall–Kier alpha value is 3.29. The number of aromatic nitrogens is 2. The van der Waals surface area contributed by atoms with Gasteiger partial charge in [-0.15, -0.1) is 0 Å². The second-order valence-corrected chi connectivity index (χ2v) is 4.72. The van der Waals surface area contributed by atoms with Crippen molar-refractivity contribution in [1.29, 1.82) is 0 Å². The molecule has 124 valence electrons. The number of nitrogens with zero attached hydrogens (tertiary/aromatic N) is 1. The topological polar surface area (TPSA) is 250 Å². The molecule has 0 radical (unpaired) electrons. The molecule has 1 heterocycles. The number of imidazole rings is 1. The predicted molar refractivity (Wildman–Crippen MR) is 60.7 cm³/mol. The molecule has 0 fully saturated rings. The van der Waals surface area contributed by atoms with Crippen LogP contribution in [0, 0.1) is 0 Å². The zero-order valence-electron chi connectivity index (χ0n) is 12.9. The molecule has 0 aliphatic carbocycles. The van der Waals surface area contributed by atoms with E-state index in [0.717, 1.165) is 0 Å². The van der Waals surface area contributed by atoms with E-state index >= 15 is 0 Å². The largest absolute Gasteiger partial charge is 1.00 e. The van der Waals surface area contributed by atoms with Crippen LogP contribution in [0.15, 0.2) is 12.5 Å². The Kier molecular flexibility index (Phi) is 31.0. The van der Waals surface area contributed by atoms with E-state index in [-0.39, 0.29) is 161 Å². The normalized spacial score (nSPS) is 10.7. The standard InChI is InChI=1S/C6H9N3O2.3K.2H2O4S/c7-5(6(10)11)1-4-2-8-3-9-4;;;;2*1-5(2,3)4/h2-3,5H,1,7H2,(H,8,9)(H,10,11);;;;2*(H2,1,2,3,4)/q;3*+1;;/p-3/t5-;;;;;/m0...../s1. The van der Waals surface area contributed by atoms with Crippen molar-refractivity contribution in [1.82, 2.24) is 9.97 Å². The van der Waals surface area contributed by atoms with Gasteiger partial charge in [0.1, 0.15) is 6.04 Å². The molecule has 1 rings (SSSR count). The van der Waals surface area contributed by atoms with Gasteiger partial charge in [0.2, 0.25) is 10.4 Å². The Bertz CT molecular complexity index is 574. The molecule has 0 unspecified atom stereocenters. The Morgan fingerprint density at radius 3 is 1.75 bits per heavy atom. The quantitative estimate of drug-likeness (QED) is 0.184. The van der Waals surface area contributed by atoms with Gasteiger partial charge in [-0.2, -0.15) is 0 Å². The second-order valence-electron chi connectivity index (χ2n) is 3.05. The fourth-order valence-electron chi connectivity index (χ4n) is 0.715. The fraction of sp³-hybridized carbons (Fsp3) is 0.333. The third-order valence-electron chi connectivity index (χ3n) is 1.30.